The highest BCUT2D eigenvalue weighted by molar-refractivity contribution is 5.75. The molecule has 0 saturated heterocycles. The molecule has 0 spiro atoms. The van der Waals surface area contributed by atoms with Crippen LogP contribution in [-0.4, -0.2) is 23.8 Å². The number of carboxylic acids is 1. The van der Waals surface area contributed by atoms with Gasteiger partial charge in [-0.2, -0.15) is 0 Å². The van der Waals surface area contributed by atoms with Crippen molar-refractivity contribution in [3.63, 3.8) is 0 Å². The molecule has 100 valence electrons. The van der Waals surface area contributed by atoms with E-state index in [0.29, 0.717) is 5.56 Å². The molecule has 1 aromatic carbocycles. The van der Waals surface area contributed by atoms with Crippen LogP contribution in [0.4, 0.5) is 0 Å². The van der Waals surface area contributed by atoms with E-state index in [4.69, 9.17) is 15.6 Å². The summed E-state index contributed by atoms with van der Waals surface area (Å²) in [5.74, 6) is -1.01. The molecular weight excluding hydrogens is 230 g/mol. The first-order valence-electron chi connectivity index (χ1n) is 5.98. The minimum Gasteiger partial charge on any atom is -0.480 e. The van der Waals surface area contributed by atoms with Crippen LogP contribution in [0.1, 0.15) is 37.4 Å². The quantitative estimate of drug-likeness (QED) is 0.812. The lowest BCUT2D eigenvalue weighted by molar-refractivity contribution is -0.138. The molecule has 0 amide bonds. The summed E-state index contributed by atoms with van der Waals surface area (Å²) in [4.78, 5) is 10.7. The Kier molecular flexibility index (Phi) is 4.87. The van der Waals surface area contributed by atoms with Crippen molar-refractivity contribution >= 4 is 5.97 Å². The zero-order valence-corrected chi connectivity index (χ0v) is 11.1. The number of hydrogen-bond donors (Lipinski definition) is 2. The summed E-state index contributed by atoms with van der Waals surface area (Å²) < 4.78 is 5.36. The van der Waals surface area contributed by atoms with Gasteiger partial charge in [-0.25, -0.2) is 0 Å². The Balaban J connectivity index is 2.64. The molecule has 0 aromatic heterocycles. The number of ether oxygens (including phenoxy) is 1. The van der Waals surface area contributed by atoms with Crippen molar-refractivity contribution < 1.29 is 14.6 Å². The normalized spacial score (nSPS) is 13.3. The van der Waals surface area contributed by atoms with Crippen LogP contribution in [0.3, 0.4) is 0 Å². The molecule has 3 N–H and O–H groups in total. The Morgan fingerprint density at radius 1 is 1.39 bits per heavy atom. The number of hydrogen-bond acceptors (Lipinski definition) is 3. The van der Waals surface area contributed by atoms with E-state index in [0.717, 1.165) is 18.4 Å². The van der Waals surface area contributed by atoms with Gasteiger partial charge in [0.05, 0.1) is 5.60 Å². The van der Waals surface area contributed by atoms with Gasteiger partial charge in [-0.3, -0.25) is 4.79 Å². The second-order valence-electron chi connectivity index (χ2n) is 5.02. The summed E-state index contributed by atoms with van der Waals surface area (Å²) in [7, 11) is 1.70. The third-order valence-corrected chi connectivity index (χ3v) is 3.17. The molecule has 0 radical (unpaired) electrons. The third-order valence-electron chi connectivity index (χ3n) is 3.17. The van der Waals surface area contributed by atoms with Crippen molar-refractivity contribution in [3.05, 3.63) is 35.4 Å². The molecule has 0 fully saturated rings. The smallest absolute Gasteiger partial charge is 0.325 e. The molecule has 1 aromatic rings. The lowest BCUT2D eigenvalue weighted by Crippen LogP contribution is -2.23. The van der Waals surface area contributed by atoms with Gasteiger partial charge in [0.1, 0.15) is 6.04 Å². The van der Waals surface area contributed by atoms with Gasteiger partial charge >= 0.3 is 5.97 Å². The number of nitrogens with two attached hydrogens (primary N) is 1. The van der Waals surface area contributed by atoms with Crippen molar-refractivity contribution in [2.45, 2.75) is 38.3 Å². The molecule has 18 heavy (non-hydrogen) atoms. The number of carbonyl (C=O) groups is 1. The van der Waals surface area contributed by atoms with Crippen LogP contribution >= 0.6 is 0 Å². The highest BCUT2D eigenvalue weighted by Crippen LogP contribution is 2.18. The summed E-state index contributed by atoms with van der Waals surface area (Å²) in [5, 5.41) is 8.81. The molecule has 1 rings (SSSR count). The monoisotopic (exact) mass is 251 g/mol. The van der Waals surface area contributed by atoms with Gasteiger partial charge in [0.25, 0.3) is 0 Å². The molecule has 1 atom stereocenters. The van der Waals surface area contributed by atoms with Crippen LogP contribution in [0, 0.1) is 0 Å². The maximum absolute atomic E-state index is 10.7. The minimum absolute atomic E-state index is 0.143. The Morgan fingerprint density at radius 3 is 2.39 bits per heavy atom. The molecular formula is C14H21NO3. The van der Waals surface area contributed by atoms with E-state index in [1.807, 2.05) is 26.0 Å². The Bertz CT molecular complexity index is 398. The molecule has 4 heteroatoms. The van der Waals surface area contributed by atoms with Crippen LogP contribution < -0.4 is 5.73 Å². The largest absolute Gasteiger partial charge is 0.480 e. The number of aryl methyl sites for hydroxylation is 1. The van der Waals surface area contributed by atoms with Gasteiger partial charge in [0.15, 0.2) is 0 Å². The molecule has 0 bridgehead atoms. The first kappa shape index (κ1) is 14.7. The number of benzene rings is 1. The van der Waals surface area contributed by atoms with Crippen molar-refractivity contribution in [3.8, 4) is 0 Å². The van der Waals surface area contributed by atoms with Gasteiger partial charge in [0, 0.05) is 7.11 Å². The molecule has 0 saturated carbocycles. The van der Waals surface area contributed by atoms with E-state index in [1.54, 1.807) is 19.2 Å². The lowest BCUT2D eigenvalue weighted by Gasteiger charge is -2.22. The van der Waals surface area contributed by atoms with Gasteiger partial charge in [0.2, 0.25) is 0 Å². The summed E-state index contributed by atoms with van der Waals surface area (Å²) in [6.45, 7) is 4.09. The maximum atomic E-state index is 10.7. The molecule has 1 unspecified atom stereocenters. The predicted molar refractivity (Wildman–Crippen MR) is 70.4 cm³/mol. The second-order valence-corrected chi connectivity index (χ2v) is 5.02. The summed E-state index contributed by atoms with van der Waals surface area (Å²) in [5.41, 5.74) is 7.17. The van der Waals surface area contributed by atoms with Crippen LogP contribution in [0.25, 0.3) is 0 Å². The molecule has 0 aliphatic rings. The molecule has 4 nitrogen and oxygen atoms in total. The predicted octanol–water partition coefficient (Wildman–Crippen LogP) is 2.13. The van der Waals surface area contributed by atoms with Gasteiger partial charge in [-0.15, -0.1) is 0 Å². The fourth-order valence-electron chi connectivity index (χ4n) is 1.58. The van der Waals surface area contributed by atoms with Crippen molar-refractivity contribution in [1.82, 2.24) is 0 Å². The molecule has 0 aliphatic heterocycles. The van der Waals surface area contributed by atoms with Crippen LogP contribution in [0.5, 0.6) is 0 Å². The summed E-state index contributed by atoms with van der Waals surface area (Å²) in [6.07, 6.45) is 1.80. The topological polar surface area (TPSA) is 72.5 Å². The van der Waals surface area contributed by atoms with E-state index >= 15 is 0 Å². The zero-order chi connectivity index (χ0) is 13.8. The highest BCUT2D eigenvalue weighted by atomic mass is 16.5. The minimum atomic E-state index is -1.01. The lowest BCUT2D eigenvalue weighted by atomic mass is 9.97. The Labute approximate surface area is 108 Å². The molecule has 0 aliphatic carbocycles. The van der Waals surface area contributed by atoms with E-state index in [9.17, 15) is 4.79 Å². The van der Waals surface area contributed by atoms with Crippen LogP contribution in [0.15, 0.2) is 24.3 Å². The van der Waals surface area contributed by atoms with Crippen molar-refractivity contribution in [2.75, 3.05) is 7.11 Å². The Morgan fingerprint density at radius 2 is 1.94 bits per heavy atom. The van der Waals surface area contributed by atoms with Gasteiger partial charge in [-0.1, -0.05) is 24.3 Å². The van der Waals surface area contributed by atoms with E-state index in [-0.39, 0.29) is 5.60 Å². The third kappa shape index (κ3) is 4.13. The van der Waals surface area contributed by atoms with Crippen LogP contribution in [0.2, 0.25) is 0 Å². The van der Waals surface area contributed by atoms with Crippen LogP contribution in [-0.2, 0) is 16.0 Å². The molecule has 0 heterocycles. The standard InChI is InChI=1S/C14H21NO3/c1-14(2,18-3)9-8-10-4-6-11(7-5-10)12(15)13(16)17/h4-7,12H,8-9,15H2,1-3H3,(H,16,17). The number of carboxylic acid groups (broad SMARTS) is 1. The highest BCUT2D eigenvalue weighted by Gasteiger charge is 2.16. The van der Waals surface area contributed by atoms with Crippen molar-refractivity contribution in [2.24, 2.45) is 5.73 Å². The van der Waals surface area contributed by atoms with Crippen molar-refractivity contribution in [1.29, 1.82) is 0 Å². The van der Waals surface area contributed by atoms with Gasteiger partial charge in [-0.05, 0) is 37.8 Å². The SMILES string of the molecule is COC(C)(C)CCc1ccc(C(N)C(=O)O)cc1. The maximum Gasteiger partial charge on any atom is 0.325 e. The zero-order valence-electron chi connectivity index (χ0n) is 11.1. The number of aliphatic carboxylic acids is 1. The number of rotatable bonds is 6. The van der Waals surface area contributed by atoms with E-state index < -0.39 is 12.0 Å². The van der Waals surface area contributed by atoms with E-state index in [1.165, 1.54) is 0 Å². The summed E-state index contributed by atoms with van der Waals surface area (Å²) >= 11 is 0. The fraction of sp³-hybridized carbons (Fsp3) is 0.500. The average molecular weight is 251 g/mol. The second kappa shape index (κ2) is 5.98. The fourth-order valence-corrected chi connectivity index (χ4v) is 1.58. The van der Waals surface area contributed by atoms with E-state index in [2.05, 4.69) is 0 Å². The number of methoxy groups -OCH3 is 1. The van der Waals surface area contributed by atoms with Gasteiger partial charge < -0.3 is 15.6 Å². The Hall–Kier alpha value is -1.39. The average Bonchev–Trinajstić information content (AvgIpc) is 2.36. The summed E-state index contributed by atoms with van der Waals surface area (Å²) in [6, 6.07) is 6.43. The first-order valence-corrected chi connectivity index (χ1v) is 5.98. The first-order chi connectivity index (χ1) is 8.35.